The number of carbonyl (C=O) groups excluding carboxylic acids is 1. The number of carbonyl (C=O) groups is 1. The largest absolute Gasteiger partial charge is 0.350 e. The number of nitrogens with one attached hydrogen (secondary N) is 2. The lowest BCUT2D eigenvalue weighted by Crippen LogP contribution is -2.42. The average molecular weight is 264 g/mol. The standard InChI is InChI=1S/C14H24N4O/c1-13(2,3)17-12(19)8-18-10-16-7-11(18)14(4)5-6-15-9-14/h7,10,15H,5-6,8-9H2,1-4H3,(H,17,19). The second-order valence-corrected chi connectivity index (χ2v) is 6.69. The average Bonchev–Trinajstić information content (AvgIpc) is 2.84. The van der Waals surface area contributed by atoms with Crippen molar-refractivity contribution in [1.82, 2.24) is 20.2 Å². The van der Waals surface area contributed by atoms with Crippen LogP contribution < -0.4 is 10.6 Å². The van der Waals surface area contributed by atoms with E-state index < -0.39 is 0 Å². The first kappa shape index (κ1) is 14.1. The van der Waals surface area contributed by atoms with Crippen LogP contribution in [0.3, 0.4) is 0 Å². The topological polar surface area (TPSA) is 59.0 Å². The van der Waals surface area contributed by atoms with Gasteiger partial charge in [-0.3, -0.25) is 4.79 Å². The minimum atomic E-state index is -0.198. The number of amides is 1. The molecule has 1 saturated heterocycles. The van der Waals surface area contributed by atoms with Gasteiger partial charge in [0.25, 0.3) is 0 Å². The molecule has 0 spiro atoms. The minimum Gasteiger partial charge on any atom is -0.350 e. The van der Waals surface area contributed by atoms with E-state index in [9.17, 15) is 4.79 Å². The molecule has 1 aromatic rings. The van der Waals surface area contributed by atoms with Gasteiger partial charge in [-0.2, -0.15) is 0 Å². The summed E-state index contributed by atoms with van der Waals surface area (Å²) in [7, 11) is 0. The summed E-state index contributed by atoms with van der Waals surface area (Å²) in [4.78, 5) is 16.2. The minimum absolute atomic E-state index is 0.0290. The summed E-state index contributed by atoms with van der Waals surface area (Å²) in [5.74, 6) is 0.0290. The van der Waals surface area contributed by atoms with E-state index in [0.29, 0.717) is 6.54 Å². The quantitative estimate of drug-likeness (QED) is 0.858. The number of aromatic nitrogens is 2. The van der Waals surface area contributed by atoms with Crippen LogP contribution in [-0.2, 0) is 16.8 Å². The molecule has 1 amide bonds. The Kier molecular flexibility index (Phi) is 3.67. The molecule has 0 aromatic carbocycles. The zero-order valence-electron chi connectivity index (χ0n) is 12.3. The van der Waals surface area contributed by atoms with Crippen molar-refractivity contribution in [2.45, 2.75) is 51.6 Å². The van der Waals surface area contributed by atoms with Crippen molar-refractivity contribution in [3.05, 3.63) is 18.2 Å². The molecule has 1 aliphatic rings. The van der Waals surface area contributed by atoms with Gasteiger partial charge in [0.2, 0.25) is 5.91 Å². The van der Waals surface area contributed by atoms with E-state index in [1.165, 1.54) is 0 Å². The van der Waals surface area contributed by atoms with Gasteiger partial charge in [-0.25, -0.2) is 4.98 Å². The maximum absolute atomic E-state index is 12.0. The molecule has 106 valence electrons. The molecule has 0 radical (unpaired) electrons. The summed E-state index contributed by atoms with van der Waals surface area (Å²) < 4.78 is 1.97. The van der Waals surface area contributed by atoms with Crippen LogP contribution >= 0.6 is 0 Å². The van der Waals surface area contributed by atoms with Crippen molar-refractivity contribution < 1.29 is 4.79 Å². The normalized spacial score (nSPS) is 23.6. The monoisotopic (exact) mass is 264 g/mol. The zero-order valence-corrected chi connectivity index (χ0v) is 12.3. The molecular weight excluding hydrogens is 240 g/mol. The number of imidazole rings is 1. The highest BCUT2D eigenvalue weighted by atomic mass is 16.2. The molecule has 19 heavy (non-hydrogen) atoms. The molecule has 5 nitrogen and oxygen atoms in total. The SMILES string of the molecule is CC(C)(C)NC(=O)Cn1cncc1C1(C)CCNC1. The van der Waals surface area contributed by atoms with Crippen LogP contribution in [0.1, 0.15) is 39.8 Å². The molecule has 0 bridgehead atoms. The van der Waals surface area contributed by atoms with Crippen LogP contribution in [0, 0.1) is 0 Å². The Labute approximate surface area is 114 Å². The fourth-order valence-electron chi connectivity index (χ4n) is 2.60. The predicted molar refractivity (Wildman–Crippen MR) is 75.0 cm³/mol. The van der Waals surface area contributed by atoms with Crippen molar-refractivity contribution in [3.63, 3.8) is 0 Å². The van der Waals surface area contributed by atoms with Gasteiger partial charge >= 0.3 is 0 Å². The third kappa shape index (κ3) is 3.35. The highest BCUT2D eigenvalue weighted by Gasteiger charge is 2.33. The van der Waals surface area contributed by atoms with Crippen molar-refractivity contribution in [2.75, 3.05) is 13.1 Å². The molecule has 1 unspecified atom stereocenters. The lowest BCUT2D eigenvalue weighted by molar-refractivity contribution is -0.123. The second-order valence-electron chi connectivity index (χ2n) is 6.69. The number of nitrogens with zero attached hydrogens (tertiary/aromatic N) is 2. The van der Waals surface area contributed by atoms with Gasteiger partial charge in [0, 0.05) is 29.4 Å². The highest BCUT2D eigenvalue weighted by molar-refractivity contribution is 5.76. The first-order chi connectivity index (χ1) is 8.80. The molecule has 1 fully saturated rings. The van der Waals surface area contributed by atoms with Crippen molar-refractivity contribution in [1.29, 1.82) is 0 Å². The van der Waals surface area contributed by atoms with E-state index in [0.717, 1.165) is 25.2 Å². The molecule has 0 saturated carbocycles. The first-order valence-corrected chi connectivity index (χ1v) is 6.82. The Morgan fingerprint density at radius 1 is 1.58 bits per heavy atom. The first-order valence-electron chi connectivity index (χ1n) is 6.82. The van der Waals surface area contributed by atoms with E-state index in [1.54, 1.807) is 6.33 Å². The fraction of sp³-hybridized carbons (Fsp3) is 0.714. The van der Waals surface area contributed by atoms with E-state index in [1.807, 2.05) is 31.5 Å². The number of hydrogen-bond donors (Lipinski definition) is 2. The molecule has 2 rings (SSSR count). The molecule has 1 aliphatic heterocycles. The van der Waals surface area contributed by atoms with Crippen LogP contribution in [-0.4, -0.2) is 34.1 Å². The lowest BCUT2D eigenvalue weighted by atomic mass is 9.86. The Bertz CT molecular complexity index is 452. The summed E-state index contributed by atoms with van der Waals surface area (Å²) in [6.45, 7) is 10.5. The molecule has 5 heteroatoms. The molecule has 1 aromatic heterocycles. The van der Waals surface area contributed by atoms with Gasteiger partial charge in [0.05, 0.1) is 6.33 Å². The Morgan fingerprint density at radius 3 is 2.89 bits per heavy atom. The maximum Gasteiger partial charge on any atom is 0.240 e. The van der Waals surface area contributed by atoms with Crippen LogP contribution in [0.4, 0.5) is 0 Å². The van der Waals surface area contributed by atoms with Gasteiger partial charge in [0.1, 0.15) is 6.54 Å². The predicted octanol–water partition coefficient (Wildman–Crippen LogP) is 1.05. The summed E-state index contributed by atoms with van der Waals surface area (Å²) in [6, 6.07) is 0. The number of hydrogen-bond acceptors (Lipinski definition) is 3. The number of rotatable bonds is 3. The molecule has 2 heterocycles. The maximum atomic E-state index is 12.0. The Morgan fingerprint density at radius 2 is 2.32 bits per heavy atom. The van der Waals surface area contributed by atoms with Crippen LogP contribution in [0.25, 0.3) is 0 Å². The van der Waals surface area contributed by atoms with Crippen molar-refractivity contribution in [3.8, 4) is 0 Å². The van der Waals surface area contributed by atoms with Gasteiger partial charge in [-0.1, -0.05) is 6.92 Å². The Balaban J connectivity index is 2.10. The van der Waals surface area contributed by atoms with Gasteiger partial charge in [-0.05, 0) is 33.7 Å². The molecule has 1 atom stereocenters. The fourth-order valence-corrected chi connectivity index (χ4v) is 2.60. The zero-order chi connectivity index (χ0) is 14.1. The van der Waals surface area contributed by atoms with Crippen LogP contribution in [0.5, 0.6) is 0 Å². The molecular formula is C14H24N4O. The van der Waals surface area contributed by atoms with Crippen molar-refractivity contribution in [2.24, 2.45) is 0 Å². The van der Waals surface area contributed by atoms with Crippen LogP contribution in [0.15, 0.2) is 12.5 Å². The lowest BCUT2D eigenvalue weighted by Gasteiger charge is -2.25. The third-order valence-corrected chi connectivity index (χ3v) is 3.53. The van der Waals surface area contributed by atoms with Gasteiger partial charge in [-0.15, -0.1) is 0 Å². The third-order valence-electron chi connectivity index (χ3n) is 3.53. The summed E-state index contributed by atoms with van der Waals surface area (Å²) in [5.41, 5.74) is 1.02. The Hall–Kier alpha value is -1.36. The molecule has 2 N–H and O–H groups in total. The van der Waals surface area contributed by atoms with Crippen molar-refractivity contribution >= 4 is 5.91 Å². The van der Waals surface area contributed by atoms with E-state index in [4.69, 9.17) is 0 Å². The molecule has 0 aliphatic carbocycles. The van der Waals surface area contributed by atoms with E-state index in [-0.39, 0.29) is 16.9 Å². The highest BCUT2D eigenvalue weighted by Crippen LogP contribution is 2.29. The van der Waals surface area contributed by atoms with E-state index >= 15 is 0 Å². The summed E-state index contributed by atoms with van der Waals surface area (Å²) in [5, 5.41) is 6.36. The summed E-state index contributed by atoms with van der Waals surface area (Å²) in [6.07, 6.45) is 4.72. The smallest absolute Gasteiger partial charge is 0.240 e. The van der Waals surface area contributed by atoms with Gasteiger partial charge in [0.15, 0.2) is 0 Å². The van der Waals surface area contributed by atoms with E-state index in [2.05, 4.69) is 22.5 Å². The second kappa shape index (κ2) is 4.96. The van der Waals surface area contributed by atoms with Crippen LogP contribution in [0.2, 0.25) is 0 Å². The van der Waals surface area contributed by atoms with Gasteiger partial charge < -0.3 is 15.2 Å². The summed E-state index contributed by atoms with van der Waals surface area (Å²) >= 11 is 0.